The largest absolute Gasteiger partial charge is 0.495 e. The van der Waals surface area contributed by atoms with Crippen LogP contribution in [0.2, 0.25) is 5.02 Å². The Morgan fingerprint density at radius 3 is 2.46 bits per heavy atom. The Kier molecular flexibility index (Phi) is 6.65. The fraction of sp³-hybridized carbons (Fsp3) is 0.423. The normalized spacial score (nSPS) is 18.3. The van der Waals surface area contributed by atoms with Crippen molar-refractivity contribution in [3.63, 3.8) is 0 Å². The number of benzene rings is 1. The molecule has 3 aromatic rings. The predicted molar refractivity (Wildman–Crippen MR) is 138 cm³/mol. The molecule has 2 aliphatic rings. The van der Waals surface area contributed by atoms with E-state index in [9.17, 15) is 4.39 Å². The minimum atomic E-state index is -0.434. The molecule has 2 fully saturated rings. The van der Waals surface area contributed by atoms with Crippen LogP contribution in [0.25, 0.3) is 11.3 Å². The number of rotatable bonds is 5. The Labute approximate surface area is 210 Å². The van der Waals surface area contributed by atoms with Crippen LogP contribution in [-0.2, 0) is 0 Å². The average molecular weight is 497 g/mol. The van der Waals surface area contributed by atoms with E-state index in [-0.39, 0.29) is 5.02 Å². The minimum absolute atomic E-state index is 0.0923. The van der Waals surface area contributed by atoms with Crippen molar-refractivity contribution in [3.05, 3.63) is 52.9 Å². The lowest BCUT2D eigenvalue weighted by Gasteiger charge is -2.37. The number of hydrogen-bond acceptors (Lipinski definition) is 7. The standard InChI is InChI=1S/C26H30ClFN6O/c1-17-13-20(35-3)16-29-25(17)33-11-9-32(10-12-33)24-15-23(19-6-7-22(28)21(27)14-19)30-26(31-24)34-8-4-5-18(34)2/h6-7,13-16,18H,4-5,8-12H2,1-3H3. The van der Waals surface area contributed by atoms with Gasteiger partial charge in [0.05, 0.1) is 24.0 Å². The summed E-state index contributed by atoms with van der Waals surface area (Å²) in [6.07, 6.45) is 4.01. The van der Waals surface area contributed by atoms with Gasteiger partial charge in [0.15, 0.2) is 0 Å². The summed E-state index contributed by atoms with van der Waals surface area (Å²) in [7, 11) is 1.65. The summed E-state index contributed by atoms with van der Waals surface area (Å²) in [5, 5.41) is 0.0923. The molecule has 1 aromatic carbocycles. The van der Waals surface area contributed by atoms with Crippen LogP contribution in [0.4, 0.5) is 22.0 Å². The smallest absolute Gasteiger partial charge is 0.228 e. The summed E-state index contributed by atoms with van der Waals surface area (Å²) in [5.74, 6) is 2.92. The zero-order valence-electron chi connectivity index (χ0n) is 20.3. The van der Waals surface area contributed by atoms with Crippen LogP contribution in [0, 0.1) is 12.7 Å². The van der Waals surface area contributed by atoms with Gasteiger partial charge in [-0.05, 0) is 56.5 Å². The number of hydrogen-bond donors (Lipinski definition) is 0. The molecule has 0 bridgehead atoms. The first-order valence-corrected chi connectivity index (χ1v) is 12.4. The number of anilines is 3. The highest BCUT2D eigenvalue weighted by Crippen LogP contribution is 2.31. The Hall–Kier alpha value is -3.13. The maximum atomic E-state index is 13.8. The van der Waals surface area contributed by atoms with Gasteiger partial charge >= 0.3 is 0 Å². The summed E-state index contributed by atoms with van der Waals surface area (Å²) in [4.78, 5) is 21.3. The molecule has 1 atom stereocenters. The quantitative estimate of drug-likeness (QED) is 0.494. The fourth-order valence-electron chi connectivity index (χ4n) is 4.88. The lowest BCUT2D eigenvalue weighted by atomic mass is 10.1. The number of aromatic nitrogens is 3. The Morgan fingerprint density at radius 1 is 1.03 bits per heavy atom. The second kappa shape index (κ2) is 9.85. The van der Waals surface area contributed by atoms with E-state index in [1.54, 1.807) is 25.4 Å². The van der Waals surface area contributed by atoms with Crippen molar-refractivity contribution in [2.24, 2.45) is 0 Å². The van der Waals surface area contributed by atoms with E-state index in [1.807, 2.05) is 12.1 Å². The predicted octanol–water partition coefficient (Wildman–Crippen LogP) is 4.96. The topological polar surface area (TPSA) is 57.6 Å². The van der Waals surface area contributed by atoms with Crippen LogP contribution in [0.3, 0.4) is 0 Å². The van der Waals surface area contributed by atoms with Gasteiger partial charge in [-0.2, -0.15) is 4.98 Å². The van der Waals surface area contributed by atoms with Crippen molar-refractivity contribution in [1.29, 1.82) is 0 Å². The summed E-state index contributed by atoms with van der Waals surface area (Å²) >= 11 is 6.09. The van der Waals surface area contributed by atoms with E-state index in [2.05, 4.69) is 33.5 Å². The van der Waals surface area contributed by atoms with Crippen LogP contribution in [0.15, 0.2) is 36.5 Å². The molecule has 1 unspecified atom stereocenters. The number of methoxy groups -OCH3 is 1. The van der Waals surface area contributed by atoms with Crippen LogP contribution in [-0.4, -0.2) is 60.8 Å². The summed E-state index contributed by atoms with van der Waals surface area (Å²) in [5.41, 5.74) is 2.63. The van der Waals surface area contributed by atoms with Crippen LogP contribution in [0.1, 0.15) is 25.3 Å². The van der Waals surface area contributed by atoms with Gasteiger partial charge in [0.2, 0.25) is 5.95 Å². The van der Waals surface area contributed by atoms with Crippen LogP contribution < -0.4 is 19.4 Å². The molecule has 0 amide bonds. The molecule has 7 nitrogen and oxygen atoms in total. The first-order chi connectivity index (χ1) is 16.9. The van der Waals surface area contributed by atoms with Gasteiger partial charge in [0.1, 0.15) is 23.2 Å². The van der Waals surface area contributed by atoms with Gasteiger partial charge in [-0.15, -0.1) is 0 Å². The highest BCUT2D eigenvalue weighted by molar-refractivity contribution is 6.31. The van der Waals surface area contributed by atoms with Crippen molar-refractivity contribution in [3.8, 4) is 17.0 Å². The molecule has 0 radical (unpaired) electrons. The van der Waals surface area contributed by atoms with E-state index >= 15 is 0 Å². The van der Waals surface area contributed by atoms with Crippen molar-refractivity contribution < 1.29 is 9.13 Å². The van der Waals surface area contributed by atoms with E-state index in [4.69, 9.17) is 26.3 Å². The molecular weight excluding hydrogens is 467 g/mol. The van der Waals surface area contributed by atoms with E-state index in [0.29, 0.717) is 6.04 Å². The number of halogens is 2. The number of ether oxygens (including phenoxy) is 1. The SMILES string of the molecule is COc1cnc(N2CCN(c3cc(-c4ccc(F)c(Cl)c4)nc(N4CCCC4C)n3)CC2)c(C)c1. The monoisotopic (exact) mass is 496 g/mol. The van der Waals surface area contributed by atoms with Crippen molar-refractivity contribution >= 4 is 29.2 Å². The molecule has 35 heavy (non-hydrogen) atoms. The van der Waals surface area contributed by atoms with Crippen LogP contribution in [0.5, 0.6) is 5.75 Å². The molecule has 5 rings (SSSR count). The summed E-state index contributed by atoms with van der Waals surface area (Å²) in [6, 6.07) is 9.14. The third kappa shape index (κ3) is 4.85. The first-order valence-electron chi connectivity index (χ1n) is 12.0. The Bertz CT molecular complexity index is 1220. The van der Waals surface area contributed by atoms with Gasteiger partial charge in [0, 0.05) is 50.4 Å². The Morgan fingerprint density at radius 2 is 1.80 bits per heavy atom. The van der Waals surface area contributed by atoms with E-state index in [1.165, 1.54) is 6.07 Å². The molecule has 2 saturated heterocycles. The molecular formula is C26H30ClFN6O. The zero-order valence-corrected chi connectivity index (χ0v) is 21.1. The average Bonchev–Trinajstić information content (AvgIpc) is 3.31. The first kappa shape index (κ1) is 23.6. The number of nitrogens with zero attached hydrogens (tertiary/aromatic N) is 6. The molecule has 184 valence electrons. The van der Waals surface area contributed by atoms with Gasteiger partial charge in [0.25, 0.3) is 0 Å². The number of pyridine rings is 1. The van der Waals surface area contributed by atoms with Gasteiger partial charge in [-0.25, -0.2) is 14.4 Å². The molecule has 0 spiro atoms. The van der Waals surface area contributed by atoms with Crippen LogP contribution >= 0.6 is 11.6 Å². The molecule has 9 heteroatoms. The highest BCUT2D eigenvalue weighted by atomic mass is 35.5. The number of aryl methyl sites for hydroxylation is 1. The van der Waals surface area contributed by atoms with Crippen molar-refractivity contribution in [2.45, 2.75) is 32.7 Å². The fourth-order valence-corrected chi connectivity index (χ4v) is 5.06. The summed E-state index contributed by atoms with van der Waals surface area (Å²) < 4.78 is 19.1. The Balaban J connectivity index is 1.42. The summed E-state index contributed by atoms with van der Waals surface area (Å²) in [6.45, 7) is 8.48. The number of piperazine rings is 1. The maximum Gasteiger partial charge on any atom is 0.228 e. The molecule has 0 N–H and O–H groups in total. The molecule has 4 heterocycles. The maximum absolute atomic E-state index is 13.8. The second-order valence-electron chi connectivity index (χ2n) is 9.21. The third-order valence-corrected chi connectivity index (χ3v) is 7.18. The molecule has 0 aliphatic carbocycles. The molecule has 2 aliphatic heterocycles. The van der Waals surface area contributed by atoms with Crippen molar-refractivity contribution in [1.82, 2.24) is 15.0 Å². The van der Waals surface area contributed by atoms with E-state index < -0.39 is 5.82 Å². The van der Waals surface area contributed by atoms with Gasteiger partial charge in [-0.1, -0.05) is 11.6 Å². The lowest BCUT2D eigenvalue weighted by molar-refractivity contribution is 0.412. The molecule has 0 saturated carbocycles. The zero-order chi connectivity index (χ0) is 24.5. The van der Waals surface area contributed by atoms with Crippen molar-refractivity contribution in [2.75, 3.05) is 54.5 Å². The highest BCUT2D eigenvalue weighted by Gasteiger charge is 2.26. The second-order valence-corrected chi connectivity index (χ2v) is 9.62. The van der Waals surface area contributed by atoms with Gasteiger partial charge in [-0.3, -0.25) is 0 Å². The lowest BCUT2D eigenvalue weighted by Crippen LogP contribution is -2.47. The third-order valence-electron chi connectivity index (χ3n) is 6.89. The minimum Gasteiger partial charge on any atom is -0.495 e. The molecule has 2 aromatic heterocycles. The van der Waals surface area contributed by atoms with Gasteiger partial charge < -0.3 is 19.4 Å². The van der Waals surface area contributed by atoms with E-state index in [0.717, 1.165) is 85.7 Å².